The standard InChI is InChI=1S/C24H23N3O4/c1-27-11-7-8-16(27)14-17(24-25-18-9-5-6-10-19(18)26-24)22(28)15-12-20(29-2)23(31-4)21(13-15)30-3/h5-14H,1-4H3,(H,25,26)/b17-14+. The number of fused-ring (bicyclic) bond motifs is 1. The lowest BCUT2D eigenvalue weighted by Crippen LogP contribution is -2.07. The van der Waals surface area contributed by atoms with Gasteiger partial charge in [-0.2, -0.15) is 0 Å². The number of carbonyl (C=O) groups is 1. The van der Waals surface area contributed by atoms with Crippen LogP contribution in [0.25, 0.3) is 22.7 Å². The fourth-order valence-electron chi connectivity index (χ4n) is 3.46. The van der Waals surface area contributed by atoms with Gasteiger partial charge in [0.2, 0.25) is 5.75 Å². The maximum atomic E-state index is 13.7. The highest BCUT2D eigenvalue weighted by Gasteiger charge is 2.23. The van der Waals surface area contributed by atoms with Gasteiger partial charge in [-0.05, 0) is 42.5 Å². The normalized spacial score (nSPS) is 11.5. The van der Waals surface area contributed by atoms with Crippen molar-refractivity contribution in [3.63, 3.8) is 0 Å². The summed E-state index contributed by atoms with van der Waals surface area (Å²) in [5, 5.41) is 0. The molecule has 158 valence electrons. The third-order valence-corrected chi connectivity index (χ3v) is 5.09. The van der Waals surface area contributed by atoms with E-state index in [9.17, 15) is 4.79 Å². The molecule has 0 bridgehead atoms. The second-order valence-corrected chi connectivity index (χ2v) is 6.95. The molecule has 4 rings (SSSR count). The van der Waals surface area contributed by atoms with Gasteiger partial charge in [-0.15, -0.1) is 0 Å². The average Bonchev–Trinajstić information content (AvgIpc) is 3.41. The molecular weight excluding hydrogens is 394 g/mol. The van der Waals surface area contributed by atoms with Crippen LogP contribution in [0, 0.1) is 0 Å². The Kier molecular flexibility index (Phi) is 5.49. The Morgan fingerprint density at radius 1 is 1.00 bits per heavy atom. The Bertz CT molecular complexity index is 1220. The van der Waals surface area contributed by atoms with Crippen molar-refractivity contribution in [1.29, 1.82) is 0 Å². The zero-order valence-corrected chi connectivity index (χ0v) is 17.8. The molecule has 0 spiro atoms. The second-order valence-electron chi connectivity index (χ2n) is 6.95. The quantitative estimate of drug-likeness (QED) is 0.357. The van der Waals surface area contributed by atoms with Crippen LogP contribution >= 0.6 is 0 Å². The third kappa shape index (κ3) is 3.77. The van der Waals surface area contributed by atoms with Crippen LogP contribution in [0.2, 0.25) is 0 Å². The predicted molar refractivity (Wildman–Crippen MR) is 120 cm³/mol. The van der Waals surface area contributed by atoms with Crippen LogP contribution in [0.15, 0.2) is 54.7 Å². The van der Waals surface area contributed by atoms with Crippen molar-refractivity contribution >= 4 is 28.5 Å². The van der Waals surface area contributed by atoms with Gasteiger partial charge in [0.25, 0.3) is 0 Å². The monoisotopic (exact) mass is 417 g/mol. The van der Waals surface area contributed by atoms with Gasteiger partial charge in [-0.25, -0.2) is 4.98 Å². The number of allylic oxidation sites excluding steroid dienone is 1. The molecule has 2 aromatic carbocycles. The van der Waals surface area contributed by atoms with Crippen molar-refractivity contribution in [3.05, 3.63) is 71.8 Å². The maximum Gasteiger partial charge on any atom is 0.203 e. The average molecular weight is 417 g/mol. The van der Waals surface area contributed by atoms with Gasteiger partial charge in [-0.3, -0.25) is 4.79 Å². The van der Waals surface area contributed by atoms with E-state index in [0.717, 1.165) is 16.7 Å². The minimum absolute atomic E-state index is 0.223. The molecule has 0 fully saturated rings. The summed E-state index contributed by atoms with van der Waals surface area (Å²) >= 11 is 0. The van der Waals surface area contributed by atoms with E-state index in [4.69, 9.17) is 14.2 Å². The van der Waals surface area contributed by atoms with Crippen molar-refractivity contribution in [2.75, 3.05) is 21.3 Å². The predicted octanol–water partition coefficient (Wildman–Crippen LogP) is 4.35. The van der Waals surface area contributed by atoms with Crippen molar-refractivity contribution in [2.24, 2.45) is 7.05 Å². The first kappa shape index (κ1) is 20.3. The lowest BCUT2D eigenvalue weighted by atomic mass is 10.0. The van der Waals surface area contributed by atoms with Crippen LogP contribution < -0.4 is 14.2 Å². The molecule has 0 saturated carbocycles. The minimum atomic E-state index is -0.223. The highest BCUT2D eigenvalue weighted by Crippen LogP contribution is 2.39. The number of para-hydroxylation sites is 2. The fraction of sp³-hybridized carbons (Fsp3) is 0.167. The van der Waals surface area contributed by atoms with Gasteiger partial charge in [0.05, 0.1) is 37.9 Å². The number of methoxy groups -OCH3 is 3. The van der Waals surface area contributed by atoms with Crippen molar-refractivity contribution in [3.8, 4) is 17.2 Å². The topological polar surface area (TPSA) is 78.4 Å². The molecule has 31 heavy (non-hydrogen) atoms. The van der Waals surface area contributed by atoms with Crippen molar-refractivity contribution < 1.29 is 19.0 Å². The number of aromatic amines is 1. The molecule has 7 nitrogen and oxygen atoms in total. The maximum absolute atomic E-state index is 13.7. The van der Waals surface area contributed by atoms with E-state index in [1.165, 1.54) is 21.3 Å². The van der Waals surface area contributed by atoms with E-state index in [-0.39, 0.29) is 5.78 Å². The van der Waals surface area contributed by atoms with Crippen LogP contribution in [0.3, 0.4) is 0 Å². The molecule has 0 radical (unpaired) electrons. The summed E-state index contributed by atoms with van der Waals surface area (Å²) in [5.74, 6) is 1.51. The fourth-order valence-corrected chi connectivity index (χ4v) is 3.46. The van der Waals surface area contributed by atoms with E-state index in [1.807, 2.05) is 60.3 Å². The van der Waals surface area contributed by atoms with Crippen LogP contribution in [-0.4, -0.2) is 41.6 Å². The molecular formula is C24H23N3O4. The Balaban J connectivity index is 1.89. The Hall–Kier alpha value is -4.00. The highest BCUT2D eigenvalue weighted by atomic mass is 16.5. The number of aryl methyl sites for hydroxylation is 1. The molecule has 0 unspecified atom stereocenters. The first-order valence-corrected chi connectivity index (χ1v) is 9.68. The number of imidazole rings is 1. The molecule has 2 aromatic heterocycles. The zero-order chi connectivity index (χ0) is 22.0. The van der Waals surface area contributed by atoms with Crippen molar-refractivity contribution in [1.82, 2.24) is 14.5 Å². The number of ketones is 1. The smallest absolute Gasteiger partial charge is 0.203 e. The van der Waals surface area contributed by atoms with E-state index in [0.29, 0.717) is 34.2 Å². The first-order valence-electron chi connectivity index (χ1n) is 9.68. The minimum Gasteiger partial charge on any atom is -0.493 e. The molecule has 0 saturated heterocycles. The van der Waals surface area contributed by atoms with E-state index in [1.54, 1.807) is 12.1 Å². The summed E-state index contributed by atoms with van der Waals surface area (Å²) in [7, 11) is 6.49. The first-order chi connectivity index (χ1) is 15.0. The third-order valence-electron chi connectivity index (χ3n) is 5.09. The number of aromatic nitrogens is 3. The number of rotatable bonds is 7. The Morgan fingerprint density at radius 3 is 2.29 bits per heavy atom. The number of Topliss-reactive ketones (excluding diaryl/α,β-unsaturated/α-hetero) is 1. The molecule has 0 aliphatic heterocycles. The molecule has 0 aliphatic carbocycles. The highest BCUT2D eigenvalue weighted by molar-refractivity contribution is 6.32. The molecule has 4 aromatic rings. The number of ether oxygens (including phenoxy) is 3. The lowest BCUT2D eigenvalue weighted by molar-refractivity contribution is 0.105. The van der Waals surface area contributed by atoms with Crippen LogP contribution in [-0.2, 0) is 7.05 Å². The Labute approximate surface area is 179 Å². The zero-order valence-electron chi connectivity index (χ0n) is 17.8. The number of benzene rings is 2. The largest absolute Gasteiger partial charge is 0.493 e. The SMILES string of the molecule is COc1cc(C(=O)/C(=C\c2cccn2C)c2nc3ccccc3[nH]2)cc(OC)c1OC. The summed E-state index contributed by atoms with van der Waals surface area (Å²) in [4.78, 5) is 21.6. The molecule has 1 N–H and O–H groups in total. The van der Waals surface area contributed by atoms with Crippen LogP contribution in [0.5, 0.6) is 17.2 Å². The molecule has 2 heterocycles. The molecule has 0 aliphatic rings. The summed E-state index contributed by atoms with van der Waals surface area (Å²) in [6.07, 6.45) is 3.75. The summed E-state index contributed by atoms with van der Waals surface area (Å²) in [6, 6.07) is 14.8. The number of hydrogen-bond acceptors (Lipinski definition) is 5. The van der Waals surface area contributed by atoms with E-state index in [2.05, 4.69) is 9.97 Å². The van der Waals surface area contributed by atoms with Gasteiger partial charge in [0, 0.05) is 24.5 Å². The van der Waals surface area contributed by atoms with Crippen LogP contribution in [0.1, 0.15) is 21.9 Å². The molecule has 7 heteroatoms. The molecule has 0 atom stereocenters. The van der Waals surface area contributed by atoms with Gasteiger partial charge in [0.15, 0.2) is 17.3 Å². The van der Waals surface area contributed by atoms with Crippen LogP contribution in [0.4, 0.5) is 0 Å². The van der Waals surface area contributed by atoms with Gasteiger partial charge in [0.1, 0.15) is 5.82 Å². The number of carbonyl (C=O) groups excluding carboxylic acids is 1. The van der Waals surface area contributed by atoms with Gasteiger partial charge >= 0.3 is 0 Å². The van der Waals surface area contributed by atoms with Gasteiger partial charge in [-0.1, -0.05) is 12.1 Å². The van der Waals surface area contributed by atoms with Crippen molar-refractivity contribution in [2.45, 2.75) is 0 Å². The molecule has 0 amide bonds. The number of hydrogen-bond donors (Lipinski definition) is 1. The number of nitrogens with zero attached hydrogens (tertiary/aromatic N) is 2. The lowest BCUT2D eigenvalue weighted by Gasteiger charge is -2.14. The second kappa shape index (κ2) is 8.39. The van der Waals surface area contributed by atoms with E-state index >= 15 is 0 Å². The number of nitrogens with one attached hydrogen (secondary N) is 1. The van der Waals surface area contributed by atoms with Gasteiger partial charge < -0.3 is 23.8 Å². The summed E-state index contributed by atoms with van der Waals surface area (Å²) in [6.45, 7) is 0. The van der Waals surface area contributed by atoms with E-state index < -0.39 is 0 Å². The summed E-state index contributed by atoms with van der Waals surface area (Å²) in [5.41, 5.74) is 3.33. The summed E-state index contributed by atoms with van der Waals surface area (Å²) < 4.78 is 18.2. The Morgan fingerprint density at radius 2 is 1.71 bits per heavy atom. The number of H-pyrrole nitrogens is 1.